The maximum Gasteiger partial charge on any atom is 0.338 e. The van der Waals surface area contributed by atoms with Gasteiger partial charge in [-0.25, -0.2) is 4.79 Å². The van der Waals surface area contributed by atoms with Crippen molar-refractivity contribution in [3.63, 3.8) is 0 Å². The minimum atomic E-state index is -0.271. The molecule has 0 radical (unpaired) electrons. The average Bonchev–Trinajstić information content (AvgIpc) is 3.12. The number of piperazine rings is 1. The molecule has 8 heteroatoms. The van der Waals surface area contributed by atoms with Crippen LogP contribution >= 0.6 is 0 Å². The van der Waals surface area contributed by atoms with E-state index in [1.165, 1.54) is 57.8 Å². The van der Waals surface area contributed by atoms with Gasteiger partial charge in [0.1, 0.15) is 12.4 Å². The smallest absolute Gasteiger partial charge is 0.338 e. The van der Waals surface area contributed by atoms with Crippen LogP contribution in [0.15, 0.2) is 48.5 Å². The molecule has 3 aliphatic rings. The van der Waals surface area contributed by atoms with Crippen molar-refractivity contribution < 1.29 is 23.9 Å². The lowest BCUT2D eigenvalue weighted by molar-refractivity contribution is -0.135. The highest BCUT2D eigenvalue weighted by Crippen LogP contribution is 2.51. The minimum absolute atomic E-state index is 0.000923. The Kier molecular flexibility index (Phi) is 15.4. The second-order valence-corrected chi connectivity index (χ2v) is 16.6. The molecular formula is C44H65N3O5. The molecule has 3 fully saturated rings. The van der Waals surface area contributed by atoms with Gasteiger partial charge in [-0.3, -0.25) is 14.5 Å². The molecule has 2 bridgehead atoms. The fraction of sp³-hybridized carbons (Fsp3) is 0.659. The van der Waals surface area contributed by atoms with Crippen molar-refractivity contribution >= 4 is 17.8 Å². The van der Waals surface area contributed by atoms with Crippen molar-refractivity contribution in [2.24, 2.45) is 23.2 Å². The van der Waals surface area contributed by atoms with Crippen LogP contribution in [0.3, 0.4) is 0 Å². The van der Waals surface area contributed by atoms with Crippen LogP contribution in [-0.4, -0.2) is 66.9 Å². The lowest BCUT2D eigenvalue weighted by Crippen LogP contribution is -2.51. The Morgan fingerprint density at radius 1 is 0.827 bits per heavy atom. The lowest BCUT2D eigenvalue weighted by atomic mass is 9.58. The molecule has 0 spiro atoms. The van der Waals surface area contributed by atoms with Gasteiger partial charge in [-0.2, -0.15) is 0 Å². The third-order valence-corrected chi connectivity index (χ3v) is 11.6. The number of unbranched alkanes of at least 4 members (excludes halogenated alkanes) is 7. The number of benzene rings is 2. The maximum atomic E-state index is 13.0. The fourth-order valence-electron chi connectivity index (χ4n) is 9.14. The number of rotatable bonds is 19. The first-order valence-electron chi connectivity index (χ1n) is 20.4. The number of hydrogen-bond acceptors (Lipinski definition) is 6. The van der Waals surface area contributed by atoms with Crippen molar-refractivity contribution in [2.45, 2.75) is 124 Å². The summed E-state index contributed by atoms with van der Waals surface area (Å²) in [5.74, 6) is 2.90. The van der Waals surface area contributed by atoms with Crippen LogP contribution in [0.2, 0.25) is 0 Å². The predicted octanol–water partition coefficient (Wildman–Crippen LogP) is 8.57. The number of carbonyl (C=O) groups is 3. The Morgan fingerprint density at radius 2 is 1.48 bits per heavy atom. The summed E-state index contributed by atoms with van der Waals surface area (Å²) < 4.78 is 11.8. The van der Waals surface area contributed by atoms with Gasteiger partial charge in [0.05, 0.1) is 18.7 Å². The number of fused-ring (bicyclic) bond motifs is 2. The summed E-state index contributed by atoms with van der Waals surface area (Å²) >= 11 is 0. The fourth-order valence-corrected chi connectivity index (χ4v) is 9.14. The maximum absolute atomic E-state index is 13.0. The molecule has 2 aromatic rings. The molecule has 2 unspecified atom stereocenters. The van der Waals surface area contributed by atoms with Crippen LogP contribution in [0.4, 0.5) is 0 Å². The third-order valence-electron chi connectivity index (χ3n) is 11.6. The minimum Gasteiger partial charge on any atom is -0.489 e. The van der Waals surface area contributed by atoms with E-state index in [0.29, 0.717) is 38.3 Å². The number of para-hydroxylation sites is 1. The summed E-state index contributed by atoms with van der Waals surface area (Å²) in [6.45, 7) is 11.4. The van der Waals surface area contributed by atoms with Gasteiger partial charge in [0.15, 0.2) is 0 Å². The molecule has 1 heterocycles. The van der Waals surface area contributed by atoms with Crippen LogP contribution in [0.5, 0.6) is 5.75 Å². The molecular weight excluding hydrogens is 650 g/mol. The first kappa shape index (κ1) is 39.8. The third kappa shape index (κ3) is 12.6. The monoisotopic (exact) mass is 715 g/mol. The van der Waals surface area contributed by atoms with E-state index in [-0.39, 0.29) is 29.7 Å². The molecule has 2 amide bonds. The molecule has 1 aliphatic heterocycles. The standard InChI is InChI=1S/C44H65N3O5/c1-4-5-6-7-8-9-10-13-24-51-43(50)38-18-16-35(17-19-38)33-52-40-15-12-11-14-39(40)32-46-20-22-47(23-21-46)42(49)31-45-41(48)30-44(3)28-36-25-34(2)26-37(27-36)29-44/h11-12,14-19,34,36-37H,4-10,13,20-33H2,1-3H3,(H,45,48). The highest BCUT2D eigenvalue weighted by Gasteiger charge is 2.42. The molecule has 2 aliphatic carbocycles. The Hall–Kier alpha value is -3.39. The first-order valence-corrected chi connectivity index (χ1v) is 20.4. The summed E-state index contributed by atoms with van der Waals surface area (Å²) in [4.78, 5) is 42.7. The number of carbonyl (C=O) groups excluding carboxylic acids is 3. The van der Waals surface area contributed by atoms with Gasteiger partial charge in [-0.05, 0) is 85.5 Å². The first-order chi connectivity index (χ1) is 25.2. The van der Waals surface area contributed by atoms with E-state index in [9.17, 15) is 14.4 Å². The zero-order valence-electron chi connectivity index (χ0n) is 32.3. The van der Waals surface area contributed by atoms with Crippen molar-refractivity contribution in [3.05, 3.63) is 65.2 Å². The van der Waals surface area contributed by atoms with Crippen LogP contribution in [-0.2, 0) is 27.5 Å². The summed E-state index contributed by atoms with van der Waals surface area (Å²) in [6.07, 6.45) is 16.4. The highest BCUT2D eigenvalue weighted by atomic mass is 16.5. The number of esters is 1. The number of ether oxygens (including phenoxy) is 2. The molecule has 286 valence electrons. The Morgan fingerprint density at radius 3 is 2.17 bits per heavy atom. The van der Waals surface area contributed by atoms with Crippen molar-refractivity contribution in [2.75, 3.05) is 39.3 Å². The van der Waals surface area contributed by atoms with E-state index in [0.717, 1.165) is 79.9 Å². The molecule has 1 saturated heterocycles. The zero-order chi connectivity index (χ0) is 36.8. The SMILES string of the molecule is CCCCCCCCCCOC(=O)c1ccc(COc2ccccc2CN2CCN(C(=O)CNC(=O)CC3(C)CC4CC(C)CC(C4)C3)CC2)cc1. The van der Waals surface area contributed by atoms with Gasteiger partial charge >= 0.3 is 5.97 Å². The lowest BCUT2D eigenvalue weighted by Gasteiger charge is -2.47. The number of nitrogens with zero attached hydrogens (tertiary/aromatic N) is 2. The molecule has 0 aromatic heterocycles. The molecule has 1 N–H and O–H groups in total. The molecule has 5 rings (SSSR count). The van der Waals surface area contributed by atoms with E-state index >= 15 is 0 Å². The van der Waals surface area contributed by atoms with Crippen LogP contribution < -0.4 is 10.1 Å². The summed E-state index contributed by atoms with van der Waals surface area (Å²) in [5, 5.41) is 2.96. The molecule has 2 aromatic carbocycles. The van der Waals surface area contributed by atoms with Gasteiger partial charge in [-0.15, -0.1) is 0 Å². The second kappa shape index (κ2) is 20.2. The Labute approximate surface area is 313 Å². The van der Waals surface area contributed by atoms with Gasteiger partial charge in [0.25, 0.3) is 0 Å². The van der Waals surface area contributed by atoms with Crippen LogP contribution in [0.25, 0.3) is 0 Å². The number of amides is 2. The number of nitrogens with one attached hydrogen (secondary N) is 1. The van der Waals surface area contributed by atoms with Gasteiger partial charge in [-0.1, -0.05) is 96.0 Å². The molecule has 2 atom stereocenters. The molecule has 52 heavy (non-hydrogen) atoms. The quantitative estimate of drug-likeness (QED) is 0.116. The summed E-state index contributed by atoms with van der Waals surface area (Å²) in [6, 6.07) is 15.6. The van der Waals surface area contributed by atoms with Crippen LogP contribution in [0.1, 0.15) is 132 Å². The van der Waals surface area contributed by atoms with E-state index < -0.39 is 0 Å². The van der Waals surface area contributed by atoms with E-state index in [4.69, 9.17) is 9.47 Å². The zero-order valence-corrected chi connectivity index (χ0v) is 32.3. The summed E-state index contributed by atoms with van der Waals surface area (Å²) in [7, 11) is 0. The average molecular weight is 716 g/mol. The van der Waals surface area contributed by atoms with Crippen molar-refractivity contribution in [1.82, 2.24) is 15.1 Å². The van der Waals surface area contributed by atoms with Gasteiger partial charge < -0.3 is 19.7 Å². The summed E-state index contributed by atoms with van der Waals surface area (Å²) in [5.41, 5.74) is 2.71. The van der Waals surface area contributed by atoms with Gasteiger partial charge in [0, 0.05) is 44.7 Å². The van der Waals surface area contributed by atoms with Gasteiger partial charge in [0.2, 0.25) is 11.8 Å². The topological polar surface area (TPSA) is 88.2 Å². The van der Waals surface area contributed by atoms with Crippen molar-refractivity contribution in [1.29, 1.82) is 0 Å². The van der Waals surface area contributed by atoms with E-state index in [2.05, 4.69) is 37.1 Å². The predicted molar refractivity (Wildman–Crippen MR) is 207 cm³/mol. The second-order valence-electron chi connectivity index (χ2n) is 16.6. The normalized spacial score (nSPS) is 23.2. The highest BCUT2D eigenvalue weighted by molar-refractivity contribution is 5.89. The van der Waals surface area contributed by atoms with E-state index in [1.807, 2.05) is 47.4 Å². The Bertz CT molecular complexity index is 1400. The van der Waals surface area contributed by atoms with Crippen LogP contribution in [0, 0.1) is 23.2 Å². The van der Waals surface area contributed by atoms with E-state index in [1.54, 1.807) is 0 Å². The molecule has 8 nitrogen and oxygen atoms in total. The van der Waals surface area contributed by atoms with Crippen molar-refractivity contribution in [3.8, 4) is 5.75 Å². The number of hydrogen-bond donors (Lipinski definition) is 1. The largest absolute Gasteiger partial charge is 0.489 e. The molecule has 2 saturated carbocycles. The Balaban J connectivity index is 0.976.